The van der Waals surface area contributed by atoms with Crippen LogP contribution in [0.3, 0.4) is 0 Å². The van der Waals surface area contributed by atoms with Crippen molar-refractivity contribution in [3.05, 3.63) is 28.0 Å². The van der Waals surface area contributed by atoms with Crippen LogP contribution in [0.2, 0.25) is 5.02 Å². The highest BCUT2D eigenvalue weighted by atomic mass is 35.5. The number of hydrogen-bond donors (Lipinski definition) is 1. The molecule has 2 aromatic rings. The number of thiazole rings is 1. The maximum Gasteiger partial charge on any atom is 0.182 e. The van der Waals surface area contributed by atoms with Crippen molar-refractivity contribution in [1.82, 2.24) is 14.8 Å². The lowest BCUT2D eigenvalue weighted by atomic mass is 10.4. The first-order valence-electron chi connectivity index (χ1n) is 5.57. The Bertz CT molecular complexity index is 491. The van der Waals surface area contributed by atoms with Gasteiger partial charge in [0.15, 0.2) is 5.13 Å². The van der Waals surface area contributed by atoms with Gasteiger partial charge in [0.05, 0.1) is 23.5 Å². The van der Waals surface area contributed by atoms with Crippen molar-refractivity contribution < 1.29 is 0 Å². The van der Waals surface area contributed by atoms with Crippen LogP contribution >= 0.6 is 22.9 Å². The van der Waals surface area contributed by atoms with Crippen molar-refractivity contribution in [2.45, 2.75) is 26.8 Å². The zero-order valence-electron chi connectivity index (χ0n) is 9.90. The van der Waals surface area contributed by atoms with E-state index in [1.165, 1.54) is 4.88 Å². The molecule has 1 N–H and O–H groups in total. The number of halogens is 1. The number of anilines is 1. The second-order valence-corrected chi connectivity index (χ2v) is 5.32. The first-order valence-corrected chi connectivity index (χ1v) is 6.76. The topological polar surface area (TPSA) is 42.7 Å². The molecule has 92 valence electrons. The van der Waals surface area contributed by atoms with E-state index in [0.29, 0.717) is 5.02 Å². The summed E-state index contributed by atoms with van der Waals surface area (Å²) in [5.41, 5.74) is 0.989. The lowest BCUT2D eigenvalue weighted by Crippen LogP contribution is -2.01. The van der Waals surface area contributed by atoms with Gasteiger partial charge in [-0.05, 0) is 13.3 Å². The Morgan fingerprint density at radius 2 is 2.29 bits per heavy atom. The van der Waals surface area contributed by atoms with Crippen LogP contribution in [0, 0.1) is 6.92 Å². The van der Waals surface area contributed by atoms with Crippen molar-refractivity contribution in [3.8, 4) is 0 Å². The summed E-state index contributed by atoms with van der Waals surface area (Å²) in [6.45, 7) is 5.78. The van der Waals surface area contributed by atoms with Crippen molar-refractivity contribution in [3.63, 3.8) is 0 Å². The fraction of sp³-hybridized carbons (Fsp3) is 0.455. The Balaban J connectivity index is 2.04. The number of rotatable bonds is 5. The van der Waals surface area contributed by atoms with E-state index in [1.54, 1.807) is 17.5 Å². The molecular weight excluding hydrogens is 256 g/mol. The third-order valence-electron chi connectivity index (χ3n) is 2.43. The molecule has 0 bridgehead atoms. The molecule has 0 radical (unpaired) electrons. The molecule has 2 aromatic heterocycles. The highest BCUT2D eigenvalue weighted by molar-refractivity contribution is 7.15. The van der Waals surface area contributed by atoms with Crippen molar-refractivity contribution in [2.24, 2.45) is 0 Å². The van der Waals surface area contributed by atoms with E-state index in [2.05, 4.69) is 22.3 Å². The van der Waals surface area contributed by atoms with Crippen LogP contribution in [0.4, 0.5) is 5.13 Å². The van der Waals surface area contributed by atoms with Crippen LogP contribution in [0.15, 0.2) is 12.4 Å². The first kappa shape index (κ1) is 12.4. The third-order valence-corrected chi connectivity index (χ3v) is 3.74. The SMILES string of the molecule is CCCNc1ncc(Cn2ncc(Cl)c2C)s1. The summed E-state index contributed by atoms with van der Waals surface area (Å²) in [5.74, 6) is 0. The third kappa shape index (κ3) is 2.98. The molecule has 2 rings (SSSR count). The maximum absolute atomic E-state index is 5.96. The Labute approximate surface area is 110 Å². The van der Waals surface area contributed by atoms with Gasteiger partial charge in [-0.1, -0.05) is 18.5 Å². The fourth-order valence-corrected chi connectivity index (χ4v) is 2.39. The van der Waals surface area contributed by atoms with Gasteiger partial charge >= 0.3 is 0 Å². The quantitative estimate of drug-likeness (QED) is 0.907. The summed E-state index contributed by atoms with van der Waals surface area (Å²) in [4.78, 5) is 5.49. The van der Waals surface area contributed by atoms with Gasteiger partial charge in [0.1, 0.15) is 0 Å². The lowest BCUT2D eigenvalue weighted by Gasteiger charge is -2.01. The summed E-state index contributed by atoms with van der Waals surface area (Å²) in [6.07, 6.45) is 4.66. The predicted octanol–water partition coefficient (Wildman–Crippen LogP) is 3.17. The molecule has 2 heterocycles. The van der Waals surface area contributed by atoms with Gasteiger partial charge < -0.3 is 5.32 Å². The summed E-state index contributed by atoms with van der Waals surface area (Å²) in [7, 11) is 0. The molecule has 0 fully saturated rings. The summed E-state index contributed by atoms with van der Waals surface area (Å²) < 4.78 is 1.89. The average molecular weight is 271 g/mol. The highest BCUT2D eigenvalue weighted by Gasteiger charge is 2.07. The number of aromatic nitrogens is 3. The molecule has 4 nitrogen and oxygen atoms in total. The molecule has 0 spiro atoms. The molecule has 0 amide bonds. The van der Waals surface area contributed by atoms with Gasteiger partial charge in [-0.15, -0.1) is 11.3 Å². The summed E-state index contributed by atoms with van der Waals surface area (Å²) in [5, 5.41) is 9.17. The Kier molecular flexibility index (Phi) is 4.02. The van der Waals surface area contributed by atoms with Gasteiger partial charge in [0.25, 0.3) is 0 Å². The van der Waals surface area contributed by atoms with Crippen LogP contribution < -0.4 is 5.32 Å². The van der Waals surface area contributed by atoms with Crippen molar-refractivity contribution in [1.29, 1.82) is 0 Å². The molecule has 0 aliphatic heterocycles. The number of nitrogens with zero attached hydrogens (tertiary/aromatic N) is 3. The monoisotopic (exact) mass is 270 g/mol. The van der Waals surface area contributed by atoms with Crippen molar-refractivity contribution >= 4 is 28.1 Å². The van der Waals surface area contributed by atoms with Gasteiger partial charge in [-0.25, -0.2) is 4.98 Å². The predicted molar refractivity (Wildman–Crippen MR) is 72.0 cm³/mol. The van der Waals surface area contributed by atoms with E-state index in [1.807, 2.05) is 17.8 Å². The van der Waals surface area contributed by atoms with Crippen LogP contribution in [0.1, 0.15) is 23.9 Å². The van der Waals surface area contributed by atoms with Crippen LogP contribution in [0.25, 0.3) is 0 Å². The molecule has 0 aliphatic rings. The Morgan fingerprint density at radius 1 is 1.47 bits per heavy atom. The molecule has 0 atom stereocenters. The lowest BCUT2D eigenvalue weighted by molar-refractivity contribution is 0.671. The molecule has 6 heteroatoms. The summed E-state index contributed by atoms with van der Waals surface area (Å²) >= 11 is 7.62. The standard InChI is InChI=1S/C11H15ClN4S/c1-3-4-13-11-14-5-9(17-11)7-16-8(2)10(12)6-15-16/h5-6H,3-4,7H2,1-2H3,(H,13,14). The number of hydrogen-bond acceptors (Lipinski definition) is 4. The number of nitrogens with one attached hydrogen (secondary N) is 1. The van der Waals surface area contributed by atoms with Crippen LogP contribution in [0.5, 0.6) is 0 Å². The Hall–Kier alpha value is -1.07. The van der Waals surface area contributed by atoms with E-state index in [-0.39, 0.29) is 0 Å². The molecule has 0 saturated heterocycles. The van der Waals surface area contributed by atoms with E-state index < -0.39 is 0 Å². The van der Waals surface area contributed by atoms with Crippen LogP contribution in [-0.4, -0.2) is 21.3 Å². The van der Waals surface area contributed by atoms with E-state index in [4.69, 9.17) is 11.6 Å². The Morgan fingerprint density at radius 3 is 2.94 bits per heavy atom. The molecule has 0 unspecified atom stereocenters. The van der Waals surface area contributed by atoms with Gasteiger partial charge in [-0.3, -0.25) is 4.68 Å². The molecule has 0 saturated carbocycles. The van der Waals surface area contributed by atoms with Crippen LogP contribution in [-0.2, 0) is 6.54 Å². The molecule has 0 aromatic carbocycles. The zero-order chi connectivity index (χ0) is 12.3. The summed E-state index contributed by atoms with van der Waals surface area (Å²) in [6, 6.07) is 0. The zero-order valence-corrected chi connectivity index (χ0v) is 11.5. The minimum Gasteiger partial charge on any atom is -0.362 e. The molecule has 0 aliphatic carbocycles. The van der Waals surface area contributed by atoms with Crippen molar-refractivity contribution in [2.75, 3.05) is 11.9 Å². The van der Waals surface area contributed by atoms with E-state index >= 15 is 0 Å². The average Bonchev–Trinajstić information content (AvgIpc) is 2.89. The molecule has 17 heavy (non-hydrogen) atoms. The minimum atomic E-state index is 0.707. The fourth-order valence-electron chi connectivity index (χ4n) is 1.42. The largest absolute Gasteiger partial charge is 0.362 e. The van der Waals surface area contributed by atoms with Gasteiger partial charge in [0.2, 0.25) is 0 Å². The van der Waals surface area contributed by atoms with Gasteiger partial charge in [0, 0.05) is 17.6 Å². The second-order valence-electron chi connectivity index (χ2n) is 3.79. The van der Waals surface area contributed by atoms with E-state index in [9.17, 15) is 0 Å². The maximum atomic E-state index is 5.96. The second kappa shape index (κ2) is 5.51. The highest BCUT2D eigenvalue weighted by Crippen LogP contribution is 2.21. The van der Waals surface area contributed by atoms with Gasteiger partial charge in [-0.2, -0.15) is 5.10 Å². The van der Waals surface area contributed by atoms with E-state index in [0.717, 1.165) is 30.3 Å². The smallest absolute Gasteiger partial charge is 0.182 e. The first-order chi connectivity index (χ1) is 8.20. The minimum absolute atomic E-state index is 0.707. The molecular formula is C11H15ClN4S. The normalized spacial score (nSPS) is 10.8.